The summed E-state index contributed by atoms with van der Waals surface area (Å²) in [5.41, 5.74) is 7.31. The van der Waals surface area contributed by atoms with Crippen LogP contribution in [-0.4, -0.2) is 49.6 Å². The van der Waals surface area contributed by atoms with Crippen LogP contribution in [0.1, 0.15) is 30.0 Å². The van der Waals surface area contributed by atoms with Crippen molar-refractivity contribution in [2.24, 2.45) is 5.73 Å². The number of urea groups is 1. The topological polar surface area (TPSA) is 96.7 Å². The van der Waals surface area contributed by atoms with E-state index in [0.29, 0.717) is 13.0 Å². The first-order valence-corrected chi connectivity index (χ1v) is 10.3. The van der Waals surface area contributed by atoms with Gasteiger partial charge in [0.25, 0.3) is 0 Å². The van der Waals surface area contributed by atoms with Gasteiger partial charge >= 0.3 is 6.03 Å². The van der Waals surface area contributed by atoms with Gasteiger partial charge in [0.05, 0.1) is 13.2 Å². The predicted molar refractivity (Wildman–Crippen MR) is 116 cm³/mol. The molecule has 0 bridgehead atoms. The van der Waals surface area contributed by atoms with E-state index in [4.69, 9.17) is 10.5 Å². The van der Waals surface area contributed by atoms with Crippen molar-refractivity contribution < 1.29 is 14.3 Å². The maximum absolute atomic E-state index is 13.0. The Bertz CT molecular complexity index is 837. The average Bonchev–Trinajstić information content (AvgIpc) is 3.28. The van der Waals surface area contributed by atoms with Crippen molar-refractivity contribution in [1.29, 1.82) is 0 Å². The molecule has 160 valence electrons. The minimum absolute atomic E-state index is 0.00134. The van der Waals surface area contributed by atoms with Gasteiger partial charge in [0.1, 0.15) is 11.8 Å². The van der Waals surface area contributed by atoms with E-state index in [1.165, 1.54) is 0 Å². The van der Waals surface area contributed by atoms with Crippen LogP contribution in [0.5, 0.6) is 5.75 Å². The van der Waals surface area contributed by atoms with Crippen molar-refractivity contribution in [3.05, 3.63) is 65.7 Å². The van der Waals surface area contributed by atoms with Gasteiger partial charge in [-0.15, -0.1) is 0 Å². The molecule has 2 atom stereocenters. The van der Waals surface area contributed by atoms with Crippen LogP contribution >= 0.6 is 0 Å². The molecule has 1 saturated heterocycles. The van der Waals surface area contributed by atoms with Crippen molar-refractivity contribution in [3.8, 4) is 5.75 Å². The SMILES string of the molecule is COc1ccccc1C(CNC(=O)C(Cc1ccccc1)NC(N)=O)N1CCCC1. The molecule has 30 heavy (non-hydrogen) atoms. The number of primary amides is 1. The van der Waals surface area contributed by atoms with E-state index in [1.807, 2.05) is 54.6 Å². The fraction of sp³-hybridized carbons (Fsp3) is 0.391. The molecule has 1 aliphatic heterocycles. The van der Waals surface area contributed by atoms with Crippen LogP contribution in [0.15, 0.2) is 54.6 Å². The first-order valence-electron chi connectivity index (χ1n) is 10.3. The molecule has 4 N–H and O–H groups in total. The predicted octanol–water partition coefficient (Wildman–Crippen LogP) is 2.23. The molecule has 3 amide bonds. The number of amides is 3. The zero-order chi connectivity index (χ0) is 21.3. The lowest BCUT2D eigenvalue weighted by molar-refractivity contribution is -0.123. The number of nitrogens with two attached hydrogens (primary N) is 1. The highest BCUT2D eigenvalue weighted by atomic mass is 16.5. The summed E-state index contributed by atoms with van der Waals surface area (Å²) < 4.78 is 5.56. The van der Waals surface area contributed by atoms with Crippen molar-refractivity contribution in [1.82, 2.24) is 15.5 Å². The lowest BCUT2D eigenvalue weighted by Gasteiger charge is -2.30. The van der Waals surface area contributed by atoms with Crippen LogP contribution in [0.3, 0.4) is 0 Å². The van der Waals surface area contributed by atoms with Gasteiger partial charge < -0.3 is 21.1 Å². The molecule has 0 aliphatic carbocycles. The summed E-state index contributed by atoms with van der Waals surface area (Å²) >= 11 is 0. The number of methoxy groups -OCH3 is 1. The second-order valence-corrected chi connectivity index (χ2v) is 7.50. The Morgan fingerprint density at radius 2 is 1.73 bits per heavy atom. The van der Waals surface area contributed by atoms with Gasteiger partial charge in [-0.2, -0.15) is 0 Å². The Labute approximate surface area is 177 Å². The third-order valence-electron chi connectivity index (χ3n) is 5.46. The number of rotatable bonds is 9. The molecule has 0 saturated carbocycles. The largest absolute Gasteiger partial charge is 0.496 e. The minimum atomic E-state index is -0.734. The Balaban J connectivity index is 1.73. The number of hydrogen-bond donors (Lipinski definition) is 3. The lowest BCUT2D eigenvalue weighted by Crippen LogP contribution is -2.51. The molecular formula is C23H30N4O3. The minimum Gasteiger partial charge on any atom is -0.496 e. The number of nitrogens with zero attached hydrogens (tertiary/aromatic N) is 1. The highest BCUT2D eigenvalue weighted by Crippen LogP contribution is 2.31. The molecule has 1 fully saturated rings. The van der Waals surface area contributed by atoms with Crippen LogP contribution in [0.25, 0.3) is 0 Å². The standard InChI is InChI=1S/C23H30N4O3/c1-30-21-12-6-5-11-18(21)20(27-13-7-8-14-27)16-25-22(28)19(26-23(24)29)15-17-9-3-2-4-10-17/h2-6,9-12,19-20H,7-8,13-16H2,1H3,(H,25,28)(H3,24,26,29). The Hall–Kier alpha value is -3.06. The normalized spacial score (nSPS) is 15.9. The molecule has 2 unspecified atom stereocenters. The van der Waals surface area contributed by atoms with E-state index in [0.717, 1.165) is 42.8 Å². The number of hydrogen-bond acceptors (Lipinski definition) is 4. The summed E-state index contributed by atoms with van der Waals surface area (Å²) in [5, 5.41) is 5.60. The van der Waals surface area contributed by atoms with E-state index in [2.05, 4.69) is 15.5 Å². The number of carbonyl (C=O) groups is 2. The number of carbonyl (C=O) groups excluding carboxylic acids is 2. The summed E-state index contributed by atoms with van der Waals surface area (Å²) in [4.78, 5) is 26.8. The summed E-state index contributed by atoms with van der Waals surface area (Å²) in [7, 11) is 1.66. The van der Waals surface area contributed by atoms with Gasteiger partial charge in [-0.05, 0) is 37.6 Å². The Morgan fingerprint density at radius 1 is 1.07 bits per heavy atom. The number of para-hydroxylation sites is 1. The second-order valence-electron chi connectivity index (χ2n) is 7.50. The number of nitrogens with one attached hydrogen (secondary N) is 2. The van der Waals surface area contributed by atoms with Crippen LogP contribution in [0, 0.1) is 0 Å². The molecule has 7 nitrogen and oxygen atoms in total. The lowest BCUT2D eigenvalue weighted by atomic mass is 10.0. The molecule has 0 radical (unpaired) electrons. The molecule has 1 aliphatic rings. The van der Waals surface area contributed by atoms with E-state index >= 15 is 0 Å². The molecule has 2 aromatic carbocycles. The van der Waals surface area contributed by atoms with Crippen LogP contribution in [0.4, 0.5) is 4.79 Å². The zero-order valence-electron chi connectivity index (χ0n) is 17.3. The van der Waals surface area contributed by atoms with Crippen LogP contribution < -0.4 is 21.1 Å². The first-order chi connectivity index (χ1) is 14.6. The van der Waals surface area contributed by atoms with E-state index in [-0.39, 0.29) is 11.9 Å². The number of benzene rings is 2. The van der Waals surface area contributed by atoms with Crippen molar-refractivity contribution >= 4 is 11.9 Å². The molecule has 3 rings (SSSR count). The Morgan fingerprint density at radius 3 is 2.40 bits per heavy atom. The molecule has 7 heteroatoms. The fourth-order valence-electron chi connectivity index (χ4n) is 3.98. The highest BCUT2D eigenvalue weighted by Gasteiger charge is 2.28. The second kappa shape index (κ2) is 10.6. The summed E-state index contributed by atoms with van der Waals surface area (Å²) in [5.74, 6) is 0.552. The van der Waals surface area contributed by atoms with Gasteiger partial charge in [0.2, 0.25) is 5.91 Å². The van der Waals surface area contributed by atoms with Gasteiger partial charge in [0.15, 0.2) is 0 Å². The monoisotopic (exact) mass is 410 g/mol. The average molecular weight is 411 g/mol. The zero-order valence-corrected chi connectivity index (χ0v) is 17.3. The fourth-order valence-corrected chi connectivity index (χ4v) is 3.98. The molecular weight excluding hydrogens is 380 g/mol. The smallest absolute Gasteiger partial charge is 0.312 e. The van der Waals surface area contributed by atoms with Gasteiger partial charge in [-0.3, -0.25) is 9.69 Å². The van der Waals surface area contributed by atoms with Gasteiger partial charge in [-0.1, -0.05) is 48.5 Å². The van der Waals surface area contributed by atoms with Crippen molar-refractivity contribution in [3.63, 3.8) is 0 Å². The molecule has 2 aromatic rings. The van der Waals surface area contributed by atoms with Gasteiger partial charge in [-0.25, -0.2) is 4.79 Å². The maximum Gasteiger partial charge on any atom is 0.312 e. The van der Waals surface area contributed by atoms with E-state index in [9.17, 15) is 9.59 Å². The maximum atomic E-state index is 13.0. The van der Waals surface area contributed by atoms with E-state index < -0.39 is 12.1 Å². The molecule has 1 heterocycles. The number of ether oxygens (including phenoxy) is 1. The first kappa shape index (κ1) is 21.6. The molecule has 0 aromatic heterocycles. The third-order valence-corrected chi connectivity index (χ3v) is 5.46. The van der Waals surface area contributed by atoms with Crippen molar-refractivity contribution in [2.75, 3.05) is 26.7 Å². The van der Waals surface area contributed by atoms with Crippen molar-refractivity contribution in [2.45, 2.75) is 31.3 Å². The third kappa shape index (κ3) is 5.73. The van der Waals surface area contributed by atoms with Gasteiger partial charge in [0, 0.05) is 18.5 Å². The van der Waals surface area contributed by atoms with Crippen LogP contribution in [-0.2, 0) is 11.2 Å². The Kier molecular flexibility index (Phi) is 7.68. The highest BCUT2D eigenvalue weighted by molar-refractivity contribution is 5.86. The van der Waals surface area contributed by atoms with E-state index in [1.54, 1.807) is 7.11 Å². The quantitative estimate of drug-likeness (QED) is 0.591. The summed E-state index contributed by atoms with van der Waals surface area (Å²) in [6, 6.07) is 16.0. The van der Waals surface area contributed by atoms with Crippen LogP contribution in [0.2, 0.25) is 0 Å². The number of likely N-dealkylation sites (tertiary alicyclic amines) is 1. The summed E-state index contributed by atoms with van der Waals surface area (Å²) in [6.07, 6.45) is 2.65. The molecule has 0 spiro atoms. The summed E-state index contributed by atoms with van der Waals surface area (Å²) in [6.45, 7) is 2.38.